The second-order valence-electron chi connectivity index (χ2n) is 6.85. The standard InChI is InChI=1S/C20H26N2O3S/c1-22(2)19(17-8-9-20-18(14-17)10-12-25-20)15-21-26(23,24)13-11-16-6-4-3-5-7-16/h3-9,14,19,21H,10-13,15H2,1-2H3. The van der Waals surface area contributed by atoms with Gasteiger partial charge in [-0.2, -0.15) is 0 Å². The van der Waals surface area contributed by atoms with E-state index in [4.69, 9.17) is 4.74 Å². The third-order valence-corrected chi connectivity index (χ3v) is 6.07. The van der Waals surface area contributed by atoms with Crippen molar-refractivity contribution in [1.82, 2.24) is 9.62 Å². The second kappa shape index (κ2) is 8.20. The summed E-state index contributed by atoms with van der Waals surface area (Å²) >= 11 is 0. The van der Waals surface area contributed by atoms with Crippen LogP contribution in [0.15, 0.2) is 48.5 Å². The first kappa shape index (κ1) is 18.9. The number of nitrogens with one attached hydrogen (secondary N) is 1. The smallest absolute Gasteiger partial charge is 0.211 e. The molecule has 0 aliphatic carbocycles. The van der Waals surface area contributed by atoms with Crippen molar-refractivity contribution < 1.29 is 13.2 Å². The van der Waals surface area contributed by atoms with Crippen LogP contribution in [-0.2, 0) is 22.9 Å². The Balaban J connectivity index is 1.63. The van der Waals surface area contributed by atoms with E-state index in [1.165, 1.54) is 5.56 Å². The lowest BCUT2D eigenvalue weighted by molar-refractivity contribution is 0.299. The Kier molecular flexibility index (Phi) is 5.96. The van der Waals surface area contributed by atoms with Crippen molar-refractivity contribution in [3.63, 3.8) is 0 Å². The van der Waals surface area contributed by atoms with Crippen molar-refractivity contribution in [2.24, 2.45) is 0 Å². The first-order valence-electron chi connectivity index (χ1n) is 8.88. The minimum atomic E-state index is -3.33. The van der Waals surface area contributed by atoms with Gasteiger partial charge >= 0.3 is 0 Å². The Morgan fingerprint density at radius 2 is 1.92 bits per heavy atom. The van der Waals surface area contributed by atoms with E-state index in [1.54, 1.807) is 0 Å². The number of rotatable bonds is 8. The lowest BCUT2D eigenvalue weighted by Crippen LogP contribution is -2.36. The molecule has 0 fully saturated rings. The summed E-state index contributed by atoms with van der Waals surface area (Å²) in [6, 6.07) is 15.8. The Labute approximate surface area is 156 Å². The summed E-state index contributed by atoms with van der Waals surface area (Å²) in [7, 11) is 0.601. The number of sulfonamides is 1. The minimum absolute atomic E-state index is 0.0209. The first-order valence-corrected chi connectivity index (χ1v) is 10.5. The van der Waals surface area contributed by atoms with Gasteiger partial charge in [0, 0.05) is 19.0 Å². The van der Waals surface area contributed by atoms with E-state index in [1.807, 2.05) is 61.5 Å². The molecule has 0 amide bonds. The maximum Gasteiger partial charge on any atom is 0.211 e. The van der Waals surface area contributed by atoms with Gasteiger partial charge in [0.1, 0.15) is 5.75 Å². The van der Waals surface area contributed by atoms with Gasteiger partial charge in [0.25, 0.3) is 0 Å². The van der Waals surface area contributed by atoms with Crippen LogP contribution in [0.25, 0.3) is 0 Å². The lowest BCUT2D eigenvalue weighted by Gasteiger charge is -2.25. The van der Waals surface area contributed by atoms with E-state index >= 15 is 0 Å². The fraction of sp³-hybridized carbons (Fsp3) is 0.400. The van der Waals surface area contributed by atoms with E-state index < -0.39 is 10.0 Å². The predicted molar refractivity (Wildman–Crippen MR) is 104 cm³/mol. The first-order chi connectivity index (χ1) is 12.4. The Morgan fingerprint density at radius 1 is 1.15 bits per heavy atom. The molecule has 0 radical (unpaired) electrons. The largest absolute Gasteiger partial charge is 0.493 e. The molecule has 0 spiro atoms. The number of fused-ring (bicyclic) bond motifs is 1. The molecule has 1 N–H and O–H groups in total. The highest BCUT2D eigenvalue weighted by Gasteiger charge is 2.21. The number of benzene rings is 2. The molecular weight excluding hydrogens is 348 g/mol. The highest BCUT2D eigenvalue weighted by molar-refractivity contribution is 7.89. The van der Waals surface area contributed by atoms with Gasteiger partial charge in [-0.25, -0.2) is 13.1 Å². The maximum atomic E-state index is 12.4. The maximum absolute atomic E-state index is 12.4. The van der Waals surface area contributed by atoms with Crippen molar-refractivity contribution in [2.75, 3.05) is 33.0 Å². The average molecular weight is 375 g/mol. The number of nitrogens with zero attached hydrogens (tertiary/aromatic N) is 1. The van der Waals surface area contributed by atoms with E-state index in [9.17, 15) is 8.42 Å². The molecule has 1 aliphatic rings. The molecule has 1 aliphatic heterocycles. The van der Waals surface area contributed by atoms with Gasteiger partial charge < -0.3 is 9.64 Å². The van der Waals surface area contributed by atoms with E-state index in [-0.39, 0.29) is 11.8 Å². The molecule has 0 bridgehead atoms. The number of aryl methyl sites for hydroxylation is 1. The van der Waals surface area contributed by atoms with Crippen LogP contribution in [0.3, 0.4) is 0 Å². The molecule has 0 saturated heterocycles. The van der Waals surface area contributed by atoms with Crippen LogP contribution in [0.4, 0.5) is 0 Å². The Hall–Kier alpha value is -1.89. The van der Waals surface area contributed by atoms with Crippen LogP contribution < -0.4 is 9.46 Å². The third kappa shape index (κ3) is 4.84. The van der Waals surface area contributed by atoms with Gasteiger partial charge in [-0.15, -0.1) is 0 Å². The summed E-state index contributed by atoms with van der Waals surface area (Å²) in [6.07, 6.45) is 1.42. The van der Waals surface area contributed by atoms with Crippen molar-refractivity contribution in [3.8, 4) is 5.75 Å². The monoisotopic (exact) mass is 374 g/mol. The number of likely N-dealkylation sites (N-methyl/N-ethyl adjacent to an activating group) is 1. The topological polar surface area (TPSA) is 58.6 Å². The lowest BCUT2D eigenvalue weighted by atomic mass is 10.0. The number of hydrogen-bond acceptors (Lipinski definition) is 4. The molecule has 2 aromatic rings. The van der Waals surface area contributed by atoms with Gasteiger partial charge in [0.2, 0.25) is 10.0 Å². The van der Waals surface area contributed by atoms with Gasteiger partial charge in [-0.3, -0.25) is 0 Å². The summed E-state index contributed by atoms with van der Waals surface area (Å²) in [5.41, 5.74) is 3.33. The fourth-order valence-electron chi connectivity index (χ4n) is 3.19. The molecule has 26 heavy (non-hydrogen) atoms. The molecule has 2 aromatic carbocycles. The highest BCUT2D eigenvalue weighted by atomic mass is 32.2. The quantitative estimate of drug-likeness (QED) is 0.771. The van der Waals surface area contributed by atoms with Crippen LogP contribution in [0, 0.1) is 0 Å². The predicted octanol–water partition coefficient (Wildman–Crippen LogP) is 2.39. The molecule has 1 atom stereocenters. The average Bonchev–Trinajstić information content (AvgIpc) is 3.09. The van der Waals surface area contributed by atoms with Crippen LogP contribution in [0.1, 0.15) is 22.7 Å². The number of ether oxygens (including phenoxy) is 1. The normalized spacial score (nSPS) is 14.9. The van der Waals surface area contributed by atoms with Gasteiger partial charge in [0.05, 0.1) is 12.4 Å². The van der Waals surface area contributed by atoms with Crippen LogP contribution in [-0.4, -0.2) is 46.3 Å². The van der Waals surface area contributed by atoms with Crippen LogP contribution in [0.2, 0.25) is 0 Å². The Bertz CT molecular complexity index is 835. The zero-order chi connectivity index (χ0) is 18.6. The van der Waals surface area contributed by atoms with Crippen LogP contribution in [0.5, 0.6) is 5.75 Å². The summed E-state index contributed by atoms with van der Waals surface area (Å²) in [5, 5.41) is 0. The molecule has 140 valence electrons. The van der Waals surface area contributed by atoms with Crippen LogP contribution >= 0.6 is 0 Å². The van der Waals surface area contributed by atoms with E-state index in [0.29, 0.717) is 13.0 Å². The molecule has 6 heteroatoms. The second-order valence-corrected chi connectivity index (χ2v) is 8.77. The molecule has 1 unspecified atom stereocenters. The van der Waals surface area contributed by atoms with Gasteiger partial charge in [-0.1, -0.05) is 42.5 Å². The summed E-state index contributed by atoms with van der Waals surface area (Å²) in [5.74, 6) is 1.03. The summed E-state index contributed by atoms with van der Waals surface area (Å²) in [6.45, 7) is 1.07. The molecule has 1 heterocycles. The minimum Gasteiger partial charge on any atom is -0.493 e. The zero-order valence-corrected chi connectivity index (χ0v) is 16.1. The zero-order valence-electron chi connectivity index (χ0n) is 15.3. The summed E-state index contributed by atoms with van der Waals surface area (Å²) in [4.78, 5) is 2.04. The van der Waals surface area contributed by atoms with Gasteiger partial charge in [-0.05, 0) is 43.3 Å². The van der Waals surface area contributed by atoms with Crippen molar-refractivity contribution in [3.05, 3.63) is 65.2 Å². The Morgan fingerprint density at radius 3 is 2.65 bits per heavy atom. The van der Waals surface area contributed by atoms with Crippen molar-refractivity contribution in [2.45, 2.75) is 18.9 Å². The number of hydrogen-bond donors (Lipinski definition) is 1. The van der Waals surface area contributed by atoms with Gasteiger partial charge in [0.15, 0.2) is 0 Å². The SMILES string of the molecule is CN(C)C(CNS(=O)(=O)CCc1ccccc1)c1ccc2c(c1)CCO2. The third-order valence-electron chi connectivity index (χ3n) is 4.72. The highest BCUT2D eigenvalue weighted by Crippen LogP contribution is 2.29. The molecular formula is C20H26N2O3S. The molecule has 0 saturated carbocycles. The molecule has 3 rings (SSSR count). The molecule has 0 aromatic heterocycles. The fourth-order valence-corrected chi connectivity index (χ4v) is 4.25. The summed E-state index contributed by atoms with van der Waals surface area (Å²) < 4.78 is 33.1. The van der Waals surface area contributed by atoms with E-state index in [0.717, 1.165) is 29.9 Å². The van der Waals surface area contributed by atoms with Crippen molar-refractivity contribution in [1.29, 1.82) is 0 Å². The van der Waals surface area contributed by atoms with E-state index in [2.05, 4.69) is 10.8 Å². The molecule has 5 nitrogen and oxygen atoms in total. The van der Waals surface area contributed by atoms with Crippen molar-refractivity contribution >= 4 is 10.0 Å².